The van der Waals surface area contributed by atoms with Crippen molar-refractivity contribution in [3.05, 3.63) is 12.3 Å². The Bertz CT molecular complexity index is 211. The van der Waals surface area contributed by atoms with Gasteiger partial charge >= 0.3 is 5.97 Å². The Morgan fingerprint density at radius 1 is 1.69 bits per heavy atom. The van der Waals surface area contributed by atoms with Crippen molar-refractivity contribution in [3.8, 4) is 0 Å². The summed E-state index contributed by atoms with van der Waals surface area (Å²) < 4.78 is 13.7. The molecule has 0 spiro atoms. The van der Waals surface area contributed by atoms with Crippen LogP contribution in [0.4, 0.5) is 0 Å². The first-order chi connectivity index (χ1) is 6.34. The number of ether oxygens (including phenoxy) is 3. The molecule has 0 saturated carbocycles. The number of esters is 1. The Balaban J connectivity index is 2.22. The molecule has 1 unspecified atom stereocenters. The van der Waals surface area contributed by atoms with Gasteiger partial charge in [0.15, 0.2) is 6.10 Å². The van der Waals surface area contributed by atoms with Crippen LogP contribution >= 0.6 is 0 Å². The van der Waals surface area contributed by atoms with Gasteiger partial charge in [-0.25, -0.2) is 4.79 Å². The maximum atomic E-state index is 11.1. The van der Waals surface area contributed by atoms with Crippen LogP contribution in [0.15, 0.2) is 12.3 Å². The number of hydrogen-bond acceptors (Lipinski definition) is 5. The fourth-order valence-corrected chi connectivity index (χ4v) is 0.920. The summed E-state index contributed by atoms with van der Waals surface area (Å²) in [6.45, 7) is -0.138. The van der Waals surface area contributed by atoms with Crippen LogP contribution in [0.2, 0.25) is 0 Å². The van der Waals surface area contributed by atoms with Crippen molar-refractivity contribution in [3.63, 3.8) is 0 Å². The molecular formula is C8H10O5. The van der Waals surface area contributed by atoms with Gasteiger partial charge in [0.05, 0.1) is 6.26 Å². The molecule has 0 fully saturated rings. The molecular weight excluding hydrogens is 176 g/mol. The highest BCUT2D eigenvalue weighted by Crippen LogP contribution is 2.11. The molecule has 0 N–H and O–H groups in total. The zero-order valence-corrected chi connectivity index (χ0v) is 6.97. The molecule has 1 aliphatic heterocycles. The Labute approximate surface area is 75.3 Å². The largest absolute Gasteiger partial charge is 0.487 e. The van der Waals surface area contributed by atoms with E-state index in [1.807, 2.05) is 6.08 Å². The molecule has 1 rings (SSSR count). The normalized spacial score (nSPS) is 20.2. The van der Waals surface area contributed by atoms with E-state index in [0.29, 0.717) is 6.42 Å². The highest BCUT2D eigenvalue weighted by atomic mass is 16.7. The van der Waals surface area contributed by atoms with Crippen LogP contribution in [0.25, 0.3) is 0 Å². The minimum Gasteiger partial charge on any atom is -0.487 e. The van der Waals surface area contributed by atoms with Gasteiger partial charge in [0, 0.05) is 0 Å². The van der Waals surface area contributed by atoms with E-state index in [0.717, 1.165) is 6.42 Å². The second kappa shape index (κ2) is 5.18. The smallest absolute Gasteiger partial charge is 0.350 e. The molecule has 0 aliphatic carbocycles. The fraction of sp³-hybridized carbons (Fsp3) is 0.500. The lowest BCUT2D eigenvalue weighted by molar-refractivity contribution is -0.168. The molecule has 1 heterocycles. The molecule has 5 nitrogen and oxygen atoms in total. The van der Waals surface area contributed by atoms with Crippen LogP contribution < -0.4 is 0 Å². The highest BCUT2D eigenvalue weighted by molar-refractivity contribution is 5.74. The van der Waals surface area contributed by atoms with E-state index in [-0.39, 0.29) is 13.3 Å². The first-order valence-corrected chi connectivity index (χ1v) is 3.87. The monoisotopic (exact) mass is 186 g/mol. The van der Waals surface area contributed by atoms with Crippen molar-refractivity contribution < 1.29 is 23.8 Å². The number of allylic oxidation sites excluding steroid dienone is 1. The van der Waals surface area contributed by atoms with Crippen LogP contribution in [0.1, 0.15) is 12.8 Å². The quantitative estimate of drug-likeness (QED) is 0.274. The Morgan fingerprint density at radius 2 is 2.54 bits per heavy atom. The number of carbonyl (C=O) groups is 2. The lowest BCUT2D eigenvalue weighted by Gasteiger charge is -2.17. The molecule has 13 heavy (non-hydrogen) atoms. The zero-order valence-electron chi connectivity index (χ0n) is 6.97. The van der Waals surface area contributed by atoms with Gasteiger partial charge in [0.2, 0.25) is 6.79 Å². The maximum absolute atomic E-state index is 11.1. The molecule has 5 heteroatoms. The van der Waals surface area contributed by atoms with Crippen molar-refractivity contribution in [1.82, 2.24) is 0 Å². The average Bonchev–Trinajstić information content (AvgIpc) is 2.19. The number of rotatable bonds is 4. The minimum atomic E-state index is -0.569. The van der Waals surface area contributed by atoms with Crippen molar-refractivity contribution in [2.24, 2.45) is 0 Å². The molecule has 1 atom stereocenters. The summed E-state index contributed by atoms with van der Waals surface area (Å²) in [6.07, 6.45) is 4.10. The van der Waals surface area contributed by atoms with Gasteiger partial charge in [-0.15, -0.1) is 0 Å². The minimum absolute atomic E-state index is 0.217. The highest BCUT2D eigenvalue weighted by Gasteiger charge is 2.21. The lowest BCUT2D eigenvalue weighted by atomic mass is 10.2. The van der Waals surface area contributed by atoms with Gasteiger partial charge in [-0.3, -0.25) is 4.79 Å². The first-order valence-electron chi connectivity index (χ1n) is 3.87. The first kappa shape index (κ1) is 9.57. The third-order valence-corrected chi connectivity index (χ3v) is 1.53. The maximum Gasteiger partial charge on any atom is 0.350 e. The predicted octanol–water partition coefficient (Wildman–Crippen LogP) is 0.353. The molecule has 0 bridgehead atoms. The van der Waals surface area contributed by atoms with E-state index >= 15 is 0 Å². The number of carbonyl (C=O) groups excluding carboxylic acids is 2. The van der Waals surface area contributed by atoms with Crippen molar-refractivity contribution in [2.45, 2.75) is 18.9 Å². The van der Waals surface area contributed by atoms with E-state index in [1.54, 1.807) is 0 Å². The third-order valence-electron chi connectivity index (χ3n) is 1.53. The van der Waals surface area contributed by atoms with Crippen LogP contribution in [0.3, 0.4) is 0 Å². The van der Waals surface area contributed by atoms with E-state index in [9.17, 15) is 9.59 Å². The SMILES string of the molecule is O=COCOC(=O)C1CCC=CO1. The molecule has 0 aromatic heterocycles. The Morgan fingerprint density at radius 3 is 3.15 bits per heavy atom. The summed E-state index contributed by atoms with van der Waals surface area (Å²) >= 11 is 0. The molecule has 0 saturated heterocycles. The van der Waals surface area contributed by atoms with Gasteiger partial charge in [-0.1, -0.05) is 0 Å². The summed E-state index contributed by atoms with van der Waals surface area (Å²) in [5.74, 6) is -0.508. The molecule has 72 valence electrons. The third kappa shape index (κ3) is 3.14. The van der Waals surface area contributed by atoms with Gasteiger partial charge < -0.3 is 14.2 Å². The molecule has 0 radical (unpaired) electrons. The lowest BCUT2D eigenvalue weighted by Crippen LogP contribution is -2.27. The summed E-state index contributed by atoms with van der Waals surface area (Å²) in [6, 6.07) is 0. The van der Waals surface area contributed by atoms with Gasteiger partial charge in [-0.05, 0) is 18.9 Å². The summed E-state index contributed by atoms with van der Waals surface area (Å²) in [5, 5.41) is 0. The second-order valence-corrected chi connectivity index (χ2v) is 2.42. The van der Waals surface area contributed by atoms with E-state index in [1.165, 1.54) is 6.26 Å². The molecule has 0 aromatic carbocycles. The second-order valence-electron chi connectivity index (χ2n) is 2.42. The van der Waals surface area contributed by atoms with Gasteiger partial charge in [-0.2, -0.15) is 0 Å². The average molecular weight is 186 g/mol. The fourth-order valence-electron chi connectivity index (χ4n) is 0.920. The van der Waals surface area contributed by atoms with Crippen LogP contribution in [0.5, 0.6) is 0 Å². The van der Waals surface area contributed by atoms with Crippen LogP contribution in [-0.2, 0) is 23.8 Å². The Hall–Kier alpha value is -1.52. The van der Waals surface area contributed by atoms with Gasteiger partial charge in [0.1, 0.15) is 0 Å². The summed E-state index contributed by atoms with van der Waals surface area (Å²) in [4.78, 5) is 20.8. The number of hydrogen-bond donors (Lipinski definition) is 0. The van der Waals surface area contributed by atoms with Crippen LogP contribution in [0, 0.1) is 0 Å². The molecule has 1 aliphatic rings. The van der Waals surface area contributed by atoms with Crippen LogP contribution in [-0.4, -0.2) is 25.3 Å². The van der Waals surface area contributed by atoms with Gasteiger partial charge in [0.25, 0.3) is 6.47 Å². The summed E-state index contributed by atoms with van der Waals surface area (Å²) in [5.41, 5.74) is 0. The van der Waals surface area contributed by atoms with E-state index < -0.39 is 12.1 Å². The Kier molecular flexibility index (Phi) is 3.81. The van der Waals surface area contributed by atoms with Crippen molar-refractivity contribution in [2.75, 3.05) is 6.79 Å². The van der Waals surface area contributed by atoms with E-state index in [2.05, 4.69) is 9.47 Å². The predicted molar refractivity (Wildman–Crippen MR) is 41.4 cm³/mol. The van der Waals surface area contributed by atoms with E-state index in [4.69, 9.17) is 4.74 Å². The zero-order chi connectivity index (χ0) is 9.52. The molecule has 0 amide bonds. The van der Waals surface area contributed by atoms with Crippen molar-refractivity contribution in [1.29, 1.82) is 0 Å². The standard InChI is InChI=1S/C8H10O5/c9-5-11-6-13-8(10)7-3-1-2-4-12-7/h2,4-5,7H,1,3,6H2. The topological polar surface area (TPSA) is 61.8 Å². The summed E-state index contributed by atoms with van der Waals surface area (Å²) in [7, 11) is 0. The molecule has 0 aromatic rings. The van der Waals surface area contributed by atoms with Crippen molar-refractivity contribution >= 4 is 12.4 Å².